The molecule has 0 saturated heterocycles. The summed E-state index contributed by atoms with van der Waals surface area (Å²) in [6.45, 7) is 1.82. The van der Waals surface area contributed by atoms with Crippen LogP contribution in [-0.2, 0) is 4.79 Å². The van der Waals surface area contributed by atoms with E-state index in [-0.39, 0.29) is 12.2 Å². The molecule has 0 saturated carbocycles. The van der Waals surface area contributed by atoms with E-state index in [1.807, 2.05) is 6.92 Å². The van der Waals surface area contributed by atoms with Gasteiger partial charge in [0.2, 0.25) is 0 Å². The van der Waals surface area contributed by atoms with E-state index in [0.717, 1.165) is 15.6 Å². The van der Waals surface area contributed by atoms with E-state index in [2.05, 4.69) is 15.4 Å². The summed E-state index contributed by atoms with van der Waals surface area (Å²) in [6, 6.07) is 2.28. The van der Waals surface area contributed by atoms with E-state index in [4.69, 9.17) is 4.74 Å². The van der Waals surface area contributed by atoms with E-state index in [0.29, 0.717) is 29.3 Å². The molecule has 1 aromatic carbocycles. The third-order valence-corrected chi connectivity index (χ3v) is 4.95. The number of methoxy groups -OCH3 is 1. The van der Waals surface area contributed by atoms with Crippen LogP contribution in [0.2, 0.25) is 0 Å². The van der Waals surface area contributed by atoms with Gasteiger partial charge in [0.25, 0.3) is 5.91 Å². The van der Waals surface area contributed by atoms with E-state index in [9.17, 15) is 22.8 Å². The van der Waals surface area contributed by atoms with Crippen LogP contribution < -0.4 is 15.1 Å². The first kappa shape index (κ1) is 23.5. The minimum absolute atomic E-state index is 0.0280. The zero-order valence-electron chi connectivity index (χ0n) is 18.6. The molecule has 0 radical (unpaired) electrons. The number of hydrazine groups is 1. The van der Waals surface area contributed by atoms with Crippen LogP contribution in [0.3, 0.4) is 0 Å². The summed E-state index contributed by atoms with van der Waals surface area (Å²) in [5.41, 5.74) is 3.52. The van der Waals surface area contributed by atoms with Gasteiger partial charge < -0.3 is 4.74 Å². The summed E-state index contributed by atoms with van der Waals surface area (Å²) < 4.78 is 47.5. The van der Waals surface area contributed by atoms with Gasteiger partial charge in [-0.1, -0.05) is 0 Å². The molecular formula is C23H19F3N6O3. The lowest BCUT2D eigenvalue weighted by atomic mass is 10.2. The quantitative estimate of drug-likeness (QED) is 0.427. The fraction of sp³-hybridized carbons (Fsp3) is 0.130. The summed E-state index contributed by atoms with van der Waals surface area (Å²) in [6.07, 6.45) is 10.3. The number of carbonyl (C=O) groups is 2. The van der Waals surface area contributed by atoms with Crippen LogP contribution in [0.4, 0.5) is 23.7 Å². The maximum absolute atomic E-state index is 13.6. The number of aryl methyl sites for hydroxylation is 1. The number of nitrogens with zero attached hydrogens (tertiary/aromatic N) is 5. The molecule has 0 aliphatic carbocycles. The van der Waals surface area contributed by atoms with Gasteiger partial charge in [-0.05, 0) is 30.7 Å². The first-order valence-electron chi connectivity index (χ1n) is 10.2. The third kappa shape index (κ3) is 5.00. The van der Waals surface area contributed by atoms with Crippen LogP contribution in [0.1, 0.15) is 11.3 Å². The van der Waals surface area contributed by atoms with Crippen LogP contribution in [0.5, 0.6) is 5.75 Å². The van der Waals surface area contributed by atoms with Crippen LogP contribution in [0.15, 0.2) is 55.3 Å². The molecule has 0 fully saturated rings. The van der Waals surface area contributed by atoms with Gasteiger partial charge in [0.05, 0.1) is 18.5 Å². The molecule has 0 atom stereocenters. The number of halogens is 3. The second-order valence-corrected chi connectivity index (χ2v) is 7.40. The van der Waals surface area contributed by atoms with Crippen LogP contribution >= 0.6 is 0 Å². The number of hydrogen-bond acceptors (Lipinski definition) is 5. The van der Waals surface area contributed by atoms with Gasteiger partial charge in [0.15, 0.2) is 29.0 Å². The Morgan fingerprint density at radius 3 is 2.57 bits per heavy atom. The zero-order chi connectivity index (χ0) is 25.1. The summed E-state index contributed by atoms with van der Waals surface area (Å²) >= 11 is 0. The number of anilines is 1. The highest BCUT2D eigenvalue weighted by Crippen LogP contribution is 2.24. The summed E-state index contributed by atoms with van der Waals surface area (Å²) in [5, 5.41) is 0.846. The normalized spacial score (nSPS) is 13.6. The second kappa shape index (κ2) is 9.71. The monoisotopic (exact) mass is 484 g/mol. The Hall–Kier alpha value is -4.61. The Morgan fingerprint density at radius 2 is 1.91 bits per heavy atom. The fourth-order valence-electron chi connectivity index (χ4n) is 3.28. The zero-order valence-corrected chi connectivity index (χ0v) is 18.6. The van der Waals surface area contributed by atoms with Crippen molar-refractivity contribution in [3.63, 3.8) is 0 Å². The summed E-state index contributed by atoms with van der Waals surface area (Å²) in [4.78, 5) is 34.6. The number of ether oxygens (including phenoxy) is 1. The lowest BCUT2D eigenvalue weighted by Crippen LogP contribution is -2.51. The van der Waals surface area contributed by atoms with Crippen LogP contribution in [0, 0.1) is 24.4 Å². The largest absolute Gasteiger partial charge is 0.493 e. The molecular weight excluding hydrogens is 465 g/mol. The maximum Gasteiger partial charge on any atom is 0.347 e. The van der Waals surface area contributed by atoms with Crippen molar-refractivity contribution in [3.05, 3.63) is 84.0 Å². The van der Waals surface area contributed by atoms with Gasteiger partial charge >= 0.3 is 6.03 Å². The van der Waals surface area contributed by atoms with Crippen molar-refractivity contribution in [2.45, 2.75) is 6.92 Å². The van der Waals surface area contributed by atoms with E-state index < -0.39 is 29.4 Å². The van der Waals surface area contributed by atoms with Crippen molar-refractivity contribution in [2.24, 2.45) is 0 Å². The molecule has 1 aliphatic rings. The minimum atomic E-state index is -1.64. The highest BCUT2D eigenvalue weighted by molar-refractivity contribution is 5.97. The van der Waals surface area contributed by atoms with E-state index in [1.165, 1.54) is 37.7 Å². The molecule has 9 nitrogen and oxygen atoms in total. The van der Waals surface area contributed by atoms with Crippen molar-refractivity contribution in [1.82, 2.24) is 25.0 Å². The molecule has 3 amide bonds. The topological polar surface area (TPSA) is 92.6 Å². The number of amides is 3. The minimum Gasteiger partial charge on any atom is -0.493 e. The standard InChI is InChI=1S/C23H19F3N6O3/c1-14-12-30(13-28-14)22-19(35-2)8-15(11-27-22)4-5-20(33)29-32-7-3-6-31(23(32)34)16-9-17(24)21(26)18(25)10-16/h3-5,7-13H,6H2,1-2H3,(H,29,33). The molecule has 3 aromatic rings. The smallest absolute Gasteiger partial charge is 0.347 e. The predicted molar refractivity (Wildman–Crippen MR) is 120 cm³/mol. The SMILES string of the molecule is COc1cc(C=CC(=O)NN2C=CCN(c3cc(F)c(F)c(F)c3)C2=O)cnc1-n1cnc(C)c1. The number of carbonyl (C=O) groups excluding carboxylic acids is 2. The number of aromatic nitrogens is 3. The fourth-order valence-corrected chi connectivity index (χ4v) is 3.28. The van der Waals surface area contributed by atoms with E-state index >= 15 is 0 Å². The van der Waals surface area contributed by atoms with E-state index in [1.54, 1.807) is 23.2 Å². The number of benzene rings is 1. The van der Waals surface area contributed by atoms with Gasteiger partial charge in [0, 0.05) is 43.3 Å². The molecule has 0 spiro atoms. The molecule has 0 bridgehead atoms. The Labute approximate surface area is 197 Å². The number of nitrogens with one attached hydrogen (secondary N) is 1. The average Bonchev–Trinajstić information content (AvgIpc) is 3.28. The van der Waals surface area contributed by atoms with Crippen molar-refractivity contribution in [2.75, 3.05) is 18.6 Å². The molecule has 12 heteroatoms. The predicted octanol–water partition coefficient (Wildman–Crippen LogP) is 3.50. The number of rotatable bonds is 6. The maximum atomic E-state index is 13.6. The second-order valence-electron chi connectivity index (χ2n) is 7.40. The molecule has 1 N–H and O–H groups in total. The highest BCUT2D eigenvalue weighted by Gasteiger charge is 2.26. The summed E-state index contributed by atoms with van der Waals surface area (Å²) in [5.74, 6) is -4.18. The number of pyridine rings is 1. The van der Waals surface area contributed by atoms with Gasteiger partial charge in [-0.3, -0.25) is 19.7 Å². The lowest BCUT2D eigenvalue weighted by molar-refractivity contribution is -0.119. The van der Waals surface area contributed by atoms with Crippen molar-refractivity contribution in [1.29, 1.82) is 0 Å². The van der Waals surface area contributed by atoms with Crippen LogP contribution in [0.25, 0.3) is 11.9 Å². The van der Waals surface area contributed by atoms with Crippen molar-refractivity contribution in [3.8, 4) is 11.6 Å². The molecule has 3 heterocycles. The number of hydrogen-bond donors (Lipinski definition) is 1. The highest BCUT2D eigenvalue weighted by atomic mass is 19.2. The van der Waals surface area contributed by atoms with Gasteiger partial charge in [0.1, 0.15) is 6.33 Å². The Kier molecular flexibility index (Phi) is 6.53. The molecule has 0 unspecified atom stereocenters. The molecule has 2 aromatic heterocycles. The van der Waals surface area contributed by atoms with Gasteiger partial charge in [-0.2, -0.15) is 0 Å². The summed E-state index contributed by atoms with van der Waals surface area (Å²) in [7, 11) is 1.49. The van der Waals surface area contributed by atoms with Gasteiger partial charge in [-0.25, -0.2) is 32.9 Å². The number of imidazole rings is 1. The Morgan fingerprint density at radius 1 is 1.17 bits per heavy atom. The third-order valence-electron chi connectivity index (χ3n) is 4.95. The first-order chi connectivity index (χ1) is 16.8. The first-order valence-corrected chi connectivity index (χ1v) is 10.2. The molecule has 180 valence electrons. The Balaban J connectivity index is 1.45. The Bertz CT molecular complexity index is 1330. The van der Waals surface area contributed by atoms with Crippen LogP contribution in [-0.4, -0.2) is 45.1 Å². The average molecular weight is 484 g/mol. The molecule has 4 rings (SSSR count). The van der Waals surface area contributed by atoms with Gasteiger partial charge in [-0.15, -0.1) is 0 Å². The van der Waals surface area contributed by atoms with Crippen molar-refractivity contribution >= 4 is 23.7 Å². The molecule has 35 heavy (non-hydrogen) atoms. The molecule has 1 aliphatic heterocycles. The number of urea groups is 1. The lowest BCUT2D eigenvalue weighted by Gasteiger charge is -2.31. The van der Waals surface area contributed by atoms with Crippen molar-refractivity contribution < 1.29 is 27.5 Å².